The zero-order chi connectivity index (χ0) is 10.1. The van der Waals surface area contributed by atoms with Crippen LogP contribution in [0.5, 0.6) is 0 Å². The number of carbonyl (C=O) groups excluding carboxylic acids is 1. The lowest BCUT2D eigenvalue weighted by atomic mass is 10.2. The second kappa shape index (κ2) is 4.11. The molecule has 0 aromatic heterocycles. The summed E-state index contributed by atoms with van der Waals surface area (Å²) in [7, 11) is 0. The van der Waals surface area contributed by atoms with Gasteiger partial charge in [0.15, 0.2) is 0 Å². The lowest BCUT2D eigenvalue weighted by Gasteiger charge is -2.30. The van der Waals surface area contributed by atoms with Crippen molar-refractivity contribution in [1.82, 2.24) is 4.90 Å². The third kappa shape index (κ3) is 2.06. The van der Waals surface area contributed by atoms with Gasteiger partial charge in [0.1, 0.15) is 0 Å². The highest BCUT2D eigenvalue weighted by Gasteiger charge is 2.39. The molecule has 2 fully saturated rings. The van der Waals surface area contributed by atoms with Gasteiger partial charge in [-0.25, -0.2) is 0 Å². The summed E-state index contributed by atoms with van der Waals surface area (Å²) >= 11 is 1.95. The number of nitrogens with two attached hydrogens (primary N) is 1. The fourth-order valence-electron chi connectivity index (χ4n) is 1.99. The Morgan fingerprint density at radius 1 is 1.43 bits per heavy atom. The van der Waals surface area contributed by atoms with Crippen LogP contribution in [0.25, 0.3) is 0 Å². The summed E-state index contributed by atoms with van der Waals surface area (Å²) in [4.78, 5) is 14.0. The van der Waals surface area contributed by atoms with Crippen LogP contribution >= 0.6 is 11.8 Å². The summed E-state index contributed by atoms with van der Waals surface area (Å²) in [5.41, 5.74) is 5.67. The monoisotopic (exact) mass is 214 g/mol. The molecule has 3 nitrogen and oxygen atoms in total. The summed E-state index contributed by atoms with van der Waals surface area (Å²) in [6.07, 6.45) is 3.51. The van der Waals surface area contributed by atoms with Crippen LogP contribution in [0.15, 0.2) is 0 Å². The quantitative estimate of drug-likeness (QED) is 0.757. The number of thioether (sulfide) groups is 1. The zero-order valence-corrected chi connectivity index (χ0v) is 9.43. The summed E-state index contributed by atoms with van der Waals surface area (Å²) < 4.78 is 0. The Kier molecular flexibility index (Phi) is 3.02. The Balaban J connectivity index is 2.02. The van der Waals surface area contributed by atoms with Crippen LogP contribution in [0.4, 0.5) is 0 Å². The Bertz CT molecular complexity index is 222. The van der Waals surface area contributed by atoms with Crippen molar-refractivity contribution >= 4 is 17.7 Å². The fraction of sp³-hybridized carbons (Fsp3) is 0.900. The van der Waals surface area contributed by atoms with E-state index in [4.69, 9.17) is 5.73 Å². The third-order valence-corrected chi connectivity index (χ3v) is 4.03. The molecule has 0 spiro atoms. The first-order valence-corrected chi connectivity index (χ1v) is 6.51. The molecule has 0 aromatic rings. The molecule has 2 rings (SSSR count). The number of amides is 1. The average molecular weight is 214 g/mol. The highest BCUT2D eigenvalue weighted by Crippen LogP contribution is 2.33. The van der Waals surface area contributed by atoms with Gasteiger partial charge < -0.3 is 10.6 Å². The molecule has 1 saturated heterocycles. The Hall–Kier alpha value is -0.220. The lowest BCUT2D eigenvalue weighted by Crippen LogP contribution is -2.48. The van der Waals surface area contributed by atoms with Crippen molar-refractivity contribution in [2.24, 2.45) is 5.73 Å². The second-order valence-corrected chi connectivity index (χ2v) is 5.43. The first kappa shape index (κ1) is 10.3. The lowest BCUT2D eigenvalue weighted by molar-refractivity contribution is -0.134. The molecule has 1 saturated carbocycles. The van der Waals surface area contributed by atoms with Crippen LogP contribution in [-0.4, -0.2) is 40.4 Å². The predicted molar refractivity (Wildman–Crippen MR) is 59.2 cm³/mol. The van der Waals surface area contributed by atoms with Gasteiger partial charge in [0.25, 0.3) is 0 Å². The van der Waals surface area contributed by atoms with Crippen molar-refractivity contribution in [3.63, 3.8) is 0 Å². The molecule has 14 heavy (non-hydrogen) atoms. The largest absolute Gasteiger partial charge is 0.335 e. The molecule has 2 atom stereocenters. The predicted octanol–water partition coefficient (Wildman–Crippen LogP) is 0.830. The van der Waals surface area contributed by atoms with Crippen molar-refractivity contribution in [1.29, 1.82) is 0 Å². The van der Waals surface area contributed by atoms with Crippen molar-refractivity contribution in [3.8, 4) is 0 Å². The number of hydrogen-bond donors (Lipinski definition) is 1. The summed E-state index contributed by atoms with van der Waals surface area (Å²) in [6, 6.07) is 0.643. The smallest absolute Gasteiger partial charge is 0.239 e. The van der Waals surface area contributed by atoms with Gasteiger partial charge in [-0.1, -0.05) is 0 Å². The molecule has 2 N–H and O–H groups in total. The average Bonchev–Trinajstić information content (AvgIpc) is 2.81. The van der Waals surface area contributed by atoms with E-state index in [0.717, 1.165) is 12.2 Å². The molecule has 1 aliphatic heterocycles. The third-order valence-electron chi connectivity index (χ3n) is 2.88. The molecular weight excluding hydrogens is 196 g/mol. The van der Waals surface area contributed by atoms with Gasteiger partial charge in [-0.05, 0) is 31.9 Å². The minimum absolute atomic E-state index is 0.153. The van der Waals surface area contributed by atoms with Gasteiger partial charge >= 0.3 is 0 Å². The number of rotatable bonds is 3. The van der Waals surface area contributed by atoms with E-state index in [2.05, 4.69) is 4.90 Å². The molecule has 0 aromatic carbocycles. The van der Waals surface area contributed by atoms with E-state index in [1.54, 1.807) is 6.92 Å². The van der Waals surface area contributed by atoms with Gasteiger partial charge in [0.2, 0.25) is 5.91 Å². The van der Waals surface area contributed by atoms with Crippen LogP contribution in [0, 0.1) is 0 Å². The normalized spacial score (nSPS) is 28.9. The molecule has 2 aliphatic rings. The Morgan fingerprint density at radius 3 is 2.57 bits per heavy atom. The molecule has 1 aliphatic carbocycles. The summed E-state index contributed by atoms with van der Waals surface area (Å²) in [5, 5.41) is 0. The van der Waals surface area contributed by atoms with E-state index < -0.39 is 0 Å². The van der Waals surface area contributed by atoms with Crippen LogP contribution in [-0.2, 0) is 4.79 Å². The van der Waals surface area contributed by atoms with E-state index in [-0.39, 0.29) is 11.9 Å². The maximum Gasteiger partial charge on any atom is 0.239 e. The summed E-state index contributed by atoms with van der Waals surface area (Å²) in [5.74, 6) is 2.45. The minimum atomic E-state index is -0.332. The highest BCUT2D eigenvalue weighted by molar-refractivity contribution is 7.99. The highest BCUT2D eigenvalue weighted by atomic mass is 32.2. The zero-order valence-electron chi connectivity index (χ0n) is 8.61. The van der Waals surface area contributed by atoms with Crippen LogP contribution in [0.2, 0.25) is 0 Å². The van der Waals surface area contributed by atoms with Crippen molar-refractivity contribution in [2.75, 3.05) is 11.5 Å². The van der Waals surface area contributed by atoms with Gasteiger partial charge in [0, 0.05) is 17.8 Å². The second-order valence-electron chi connectivity index (χ2n) is 4.28. The topological polar surface area (TPSA) is 46.3 Å². The summed E-state index contributed by atoms with van der Waals surface area (Å²) in [6.45, 7) is 1.79. The van der Waals surface area contributed by atoms with Gasteiger partial charge in [-0.15, -0.1) is 0 Å². The minimum Gasteiger partial charge on any atom is -0.335 e. The molecule has 4 heteroatoms. The van der Waals surface area contributed by atoms with E-state index in [1.165, 1.54) is 18.6 Å². The molecule has 80 valence electrons. The van der Waals surface area contributed by atoms with Gasteiger partial charge in [0.05, 0.1) is 6.04 Å². The molecule has 1 amide bonds. The van der Waals surface area contributed by atoms with Crippen molar-refractivity contribution in [2.45, 2.75) is 44.3 Å². The Morgan fingerprint density at radius 2 is 2.14 bits per heavy atom. The molecule has 0 unspecified atom stereocenters. The molecular formula is C10H18N2OS. The number of hydrogen-bond acceptors (Lipinski definition) is 3. The van der Waals surface area contributed by atoms with Gasteiger partial charge in [-0.3, -0.25) is 4.79 Å². The fourth-order valence-corrected chi connectivity index (χ4v) is 3.19. The van der Waals surface area contributed by atoms with Crippen LogP contribution in [0.3, 0.4) is 0 Å². The first-order chi connectivity index (χ1) is 6.70. The van der Waals surface area contributed by atoms with E-state index >= 15 is 0 Å². The van der Waals surface area contributed by atoms with Crippen molar-refractivity contribution < 1.29 is 4.79 Å². The molecule has 0 bridgehead atoms. The SMILES string of the molecule is C[C@@H](N)C(=O)N(C1CC1)[C@H]1CCSC1. The van der Waals surface area contributed by atoms with E-state index in [9.17, 15) is 4.79 Å². The number of carbonyl (C=O) groups is 1. The maximum atomic E-state index is 11.9. The Labute approximate surface area is 89.4 Å². The van der Waals surface area contributed by atoms with E-state index in [0.29, 0.717) is 12.1 Å². The van der Waals surface area contributed by atoms with Crippen LogP contribution < -0.4 is 5.73 Å². The van der Waals surface area contributed by atoms with Crippen molar-refractivity contribution in [3.05, 3.63) is 0 Å². The van der Waals surface area contributed by atoms with Gasteiger partial charge in [-0.2, -0.15) is 11.8 Å². The first-order valence-electron chi connectivity index (χ1n) is 5.35. The molecule has 0 radical (unpaired) electrons. The maximum absolute atomic E-state index is 11.9. The van der Waals surface area contributed by atoms with E-state index in [1.807, 2.05) is 11.8 Å². The number of nitrogens with zero attached hydrogens (tertiary/aromatic N) is 1. The molecule has 1 heterocycles. The standard InChI is InChI=1S/C10H18N2OS/c1-7(11)10(13)12(8-2-3-8)9-4-5-14-6-9/h7-9H,2-6,11H2,1H3/t7-,9+/m1/s1. The van der Waals surface area contributed by atoms with Crippen LogP contribution in [0.1, 0.15) is 26.2 Å².